The van der Waals surface area contributed by atoms with Gasteiger partial charge in [0.05, 0.1) is 11.3 Å². The first-order valence-electron chi connectivity index (χ1n) is 6.60. The Morgan fingerprint density at radius 2 is 2.17 bits per heavy atom. The van der Waals surface area contributed by atoms with Crippen LogP contribution in [0.15, 0.2) is 24.3 Å². The van der Waals surface area contributed by atoms with Crippen LogP contribution < -0.4 is 10.1 Å². The third-order valence-corrected chi connectivity index (χ3v) is 5.09. The second-order valence-electron chi connectivity index (χ2n) is 4.51. The zero-order valence-electron chi connectivity index (χ0n) is 11.0. The van der Waals surface area contributed by atoms with Crippen LogP contribution in [0.25, 0.3) is 0 Å². The van der Waals surface area contributed by atoms with Gasteiger partial charge in [0.25, 0.3) is 0 Å². The number of hydrogen-bond acceptors (Lipinski definition) is 3. The molecule has 0 saturated heterocycles. The summed E-state index contributed by atoms with van der Waals surface area (Å²) in [5, 5.41) is 3.51. The third kappa shape index (κ3) is 2.75. The predicted molar refractivity (Wildman–Crippen MR) is 75.4 cm³/mol. The maximum Gasteiger partial charge on any atom is 0.124 e. The molecule has 1 aromatic carbocycles. The van der Waals surface area contributed by atoms with Crippen molar-refractivity contribution >= 4 is 10.8 Å². The van der Waals surface area contributed by atoms with E-state index in [0.717, 1.165) is 30.0 Å². The molecule has 0 amide bonds. The summed E-state index contributed by atoms with van der Waals surface area (Å²) in [6.45, 7) is 5.57. The van der Waals surface area contributed by atoms with Crippen LogP contribution in [-0.4, -0.2) is 28.4 Å². The first-order chi connectivity index (χ1) is 8.77. The van der Waals surface area contributed by atoms with Crippen molar-refractivity contribution in [3.8, 4) is 5.75 Å². The van der Waals surface area contributed by atoms with E-state index in [1.165, 1.54) is 0 Å². The van der Waals surface area contributed by atoms with Gasteiger partial charge < -0.3 is 10.1 Å². The zero-order chi connectivity index (χ0) is 13.0. The quantitative estimate of drug-likeness (QED) is 0.889. The number of para-hydroxylation sites is 1. The first kappa shape index (κ1) is 13.6. The maximum absolute atomic E-state index is 12.3. The Bertz CT molecular complexity index is 422. The van der Waals surface area contributed by atoms with Crippen molar-refractivity contribution in [3.63, 3.8) is 0 Å². The van der Waals surface area contributed by atoms with Crippen molar-refractivity contribution in [2.45, 2.75) is 31.6 Å². The Balaban J connectivity index is 2.26. The van der Waals surface area contributed by atoms with Crippen LogP contribution in [0.4, 0.5) is 0 Å². The van der Waals surface area contributed by atoms with Crippen molar-refractivity contribution in [3.05, 3.63) is 29.8 Å². The molecule has 1 heterocycles. The highest BCUT2D eigenvalue weighted by atomic mass is 32.2. The smallest absolute Gasteiger partial charge is 0.124 e. The Hall–Kier alpha value is -0.870. The van der Waals surface area contributed by atoms with Crippen LogP contribution in [0, 0.1) is 0 Å². The fourth-order valence-electron chi connectivity index (χ4n) is 2.38. The van der Waals surface area contributed by atoms with E-state index >= 15 is 0 Å². The standard InChI is InChI=1S/C14H21NO2S/c1-3-9-18(16)13-10-17-12-8-6-5-7-11(12)14(13)15-4-2/h5-8,13-15H,3-4,9-10H2,1-2H3. The molecule has 18 heavy (non-hydrogen) atoms. The minimum Gasteiger partial charge on any atom is -0.492 e. The average molecular weight is 267 g/mol. The largest absolute Gasteiger partial charge is 0.492 e. The molecule has 3 nitrogen and oxygen atoms in total. The molecule has 100 valence electrons. The molecule has 0 radical (unpaired) electrons. The van der Waals surface area contributed by atoms with Gasteiger partial charge in [-0.25, -0.2) is 0 Å². The lowest BCUT2D eigenvalue weighted by Gasteiger charge is -2.33. The minimum absolute atomic E-state index is 0.0554. The fourth-order valence-corrected chi connectivity index (χ4v) is 3.85. The molecular formula is C14H21NO2S. The molecule has 1 aliphatic rings. The highest BCUT2D eigenvalue weighted by molar-refractivity contribution is 7.85. The maximum atomic E-state index is 12.3. The number of rotatable bonds is 5. The van der Waals surface area contributed by atoms with E-state index in [9.17, 15) is 4.21 Å². The van der Waals surface area contributed by atoms with Gasteiger partial charge in [-0.05, 0) is 19.0 Å². The second-order valence-corrected chi connectivity index (χ2v) is 6.28. The summed E-state index contributed by atoms with van der Waals surface area (Å²) in [5.74, 6) is 1.67. The van der Waals surface area contributed by atoms with Crippen molar-refractivity contribution in [1.82, 2.24) is 5.32 Å². The van der Waals surface area contributed by atoms with Crippen LogP contribution in [0.3, 0.4) is 0 Å². The molecule has 0 fully saturated rings. The van der Waals surface area contributed by atoms with Gasteiger partial charge >= 0.3 is 0 Å². The molecule has 0 spiro atoms. The van der Waals surface area contributed by atoms with E-state index in [1.54, 1.807) is 0 Å². The topological polar surface area (TPSA) is 38.3 Å². The third-order valence-electron chi connectivity index (χ3n) is 3.20. The van der Waals surface area contributed by atoms with E-state index in [2.05, 4.69) is 25.2 Å². The van der Waals surface area contributed by atoms with Gasteiger partial charge in [0, 0.05) is 22.1 Å². The SMILES string of the molecule is CCCS(=O)C1COc2ccccc2C1NCC. The van der Waals surface area contributed by atoms with Crippen LogP contribution in [0.1, 0.15) is 31.9 Å². The molecular weight excluding hydrogens is 246 g/mol. The van der Waals surface area contributed by atoms with Gasteiger partial charge in [-0.15, -0.1) is 0 Å². The molecule has 3 atom stereocenters. The van der Waals surface area contributed by atoms with Gasteiger partial charge in [-0.1, -0.05) is 32.0 Å². The lowest BCUT2D eigenvalue weighted by molar-refractivity contribution is 0.259. The fraction of sp³-hybridized carbons (Fsp3) is 0.571. The average Bonchev–Trinajstić information content (AvgIpc) is 2.39. The normalized spacial score (nSPS) is 24.1. The number of nitrogens with one attached hydrogen (secondary N) is 1. The zero-order valence-corrected chi connectivity index (χ0v) is 11.8. The summed E-state index contributed by atoms with van der Waals surface area (Å²) in [6.07, 6.45) is 0.948. The van der Waals surface area contributed by atoms with Crippen molar-refractivity contribution < 1.29 is 8.95 Å². The van der Waals surface area contributed by atoms with Crippen LogP contribution in [0.2, 0.25) is 0 Å². The molecule has 2 rings (SSSR count). The van der Waals surface area contributed by atoms with E-state index in [0.29, 0.717) is 6.61 Å². The molecule has 1 aromatic rings. The molecule has 0 bridgehead atoms. The van der Waals surface area contributed by atoms with E-state index in [4.69, 9.17) is 4.74 Å². The number of fused-ring (bicyclic) bond motifs is 1. The number of benzene rings is 1. The molecule has 0 aliphatic carbocycles. The van der Waals surface area contributed by atoms with Gasteiger partial charge in [-0.3, -0.25) is 4.21 Å². The predicted octanol–water partition coefficient (Wildman–Crippen LogP) is 2.26. The summed E-state index contributed by atoms with van der Waals surface area (Å²) in [6, 6.07) is 8.19. The Morgan fingerprint density at radius 1 is 1.39 bits per heavy atom. The van der Waals surface area contributed by atoms with Crippen LogP contribution in [-0.2, 0) is 10.8 Å². The Labute approximate surface area is 111 Å². The van der Waals surface area contributed by atoms with Crippen molar-refractivity contribution in [1.29, 1.82) is 0 Å². The summed E-state index contributed by atoms with van der Waals surface area (Å²) < 4.78 is 18.0. The summed E-state index contributed by atoms with van der Waals surface area (Å²) >= 11 is 0. The Kier molecular flexibility index (Phi) is 4.78. The molecule has 4 heteroatoms. The van der Waals surface area contributed by atoms with Crippen molar-refractivity contribution in [2.75, 3.05) is 18.9 Å². The Morgan fingerprint density at radius 3 is 2.89 bits per heavy atom. The second kappa shape index (κ2) is 6.34. The van der Waals surface area contributed by atoms with E-state index < -0.39 is 10.8 Å². The van der Waals surface area contributed by atoms with Gasteiger partial charge in [0.15, 0.2) is 0 Å². The summed E-state index contributed by atoms with van der Waals surface area (Å²) in [4.78, 5) is 0. The number of hydrogen-bond donors (Lipinski definition) is 1. The van der Waals surface area contributed by atoms with Gasteiger partial charge in [0.2, 0.25) is 0 Å². The number of ether oxygens (including phenoxy) is 1. The van der Waals surface area contributed by atoms with Crippen LogP contribution in [0.5, 0.6) is 5.75 Å². The molecule has 1 N–H and O–H groups in total. The van der Waals surface area contributed by atoms with E-state index in [-0.39, 0.29) is 11.3 Å². The summed E-state index contributed by atoms with van der Waals surface area (Å²) in [7, 11) is -0.833. The molecule has 1 aliphatic heterocycles. The molecule has 0 saturated carbocycles. The molecule has 3 unspecified atom stereocenters. The lowest BCUT2D eigenvalue weighted by Crippen LogP contribution is -2.42. The van der Waals surface area contributed by atoms with Gasteiger partial charge in [-0.2, -0.15) is 0 Å². The first-order valence-corrected chi connectivity index (χ1v) is 7.98. The van der Waals surface area contributed by atoms with Crippen LogP contribution >= 0.6 is 0 Å². The lowest BCUT2D eigenvalue weighted by atomic mass is 10.0. The van der Waals surface area contributed by atoms with Gasteiger partial charge in [0.1, 0.15) is 12.4 Å². The van der Waals surface area contributed by atoms with Crippen molar-refractivity contribution in [2.24, 2.45) is 0 Å². The highest BCUT2D eigenvalue weighted by Gasteiger charge is 2.33. The van der Waals surface area contributed by atoms with E-state index in [1.807, 2.05) is 18.2 Å². The molecule has 0 aromatic heterocycles. The summed E-state index contributed by atoms with van der Waals surface area (Å²) in [5.41, 5.74) is 1.14. The monoisotopic (exact) mass is 267 g/mol. The highest BCUT2D eigenvalue weighted by Crippen LogP contribution is 2.34. The minimum atomic E-state index is -0.833.